The van der Waals surface area contributed by atoms with E-state index in [1.165, 1.54) is 9.87 Å². The minimum Gasteiger partial charge on any atom is -0.496 e. The van der Waals surface area contributed by atoms with Crippen LogP contribution in [-0.2, 0) is 21.2 Å². The zero-order valence-corrected chi connectivity index (χ0v) is 17.1. The summed E-state index contributed by atoms with van der Waals surface area (Å²) in [5, 5.41) is 0. The van der Waals surface area contributed by atoms with Crippen LogP contribution in [0.5, 0.6) is 5.75 Å². The molecule has 6 nitrogen and oxygen atoms in total. The van der Waals surface area contributed by atoms with E-state index in [0.29, 0.717) is 17.9 Å². The normalized spacial score (nSPS) is 19.9. The summed E-state index contributed by atoms with van der Waals surface area (Å²) in [6.07, 6.45) is 0.807. The van der Waals surface area contributed by atoms with Crippen LogP contribution in [0.25, 0.3) is 0 Å². The van der Waals surface area contributed by atoms with Gasteiger partial charge in [0.1, 0.15) is 5.75 Å². The average Bonchev–Trinajstić information content (AvgIpc) is 2.69. The van der Waals surface area contributed by atoms with Gasteiger partial charge in [-0.1, -0.05) is 24.3 Å². The number of carbonyl (C=O) groups excluding carboxylic acids is 1. The molecule has 0 bridgehead atoms. The Morgan fingerprint density at radius 3 is 2.61 bits per heavy atom. The van der Waals surface area contributed by atoms with Crippen molar-refractivity contribution in [1.29, 1.82) is 0 Å². The van der Waals surface area contributed by atoms with Gasteiger partial charge in [0.05, 0.1) is 24.6 Å². The number of hydrogen-bond acceptors (Lipinski definition) is 4. The van der Waals surface area contributed by atoms with Crippen molar-refractivity contribution in [1.82, 2.24) is 9.21 Å². The fourth-order valence-electron chi connectivity index (χ4n) is 4.23. The van der Waals surface area contributed by atoms with E-state index >= 15 is 0 Å². The third-order valence-corrected chi connectivity index (χ3v) is 7.68. The molecule has 1 saturated heterocycles. The molecule has 148 valence electrons. The smallest absolute Gasteiger partial charge is 0.243 e. The second-order valence-corrected chi connectivity index (χ2v) is 9.34. The topological polar surface area (TPSA) is 66.9 Å². The van der Waals surface area contributed by atoms with Gasteiger partial charge in [-0.15, -0.1) is 0 Å². The predicted molar refractivity (Wildman–Crippen MR) is 106 cm³/mol. The second kappa shape index (κ2) is 6.90. The minimum absolute atomic E-state index is 0.120. The second-order valence-electron chi connectivity index (χ2n) is 7.44. The highest BCUT2D eigenvalue weighted by atomic mass is 32.2. The number of rotatable bonds is 3. The minimum atomic E-state index is -3.80. The van der Waals surface area contributed by atoms with E-state index < -0.39 is 10.0 Å². The average molecular weight is 401 g/mol. The lowest BCUT2D eigenvalue weighted by atomic mass is 9.91. The zero-order valence-electron chi connectivity index (χ0n) is 16.3. The molecule has 0 aliphatic carbocycles. The monoisotopic (exact) mass is 400 g/mol. The first-order chi connectivity index (χ1) is 13.3. The Morgan fingerprint density at radius 2 is 1.86 bits per heavy atom. The van der Waals surface area contributed by atoms with Gasteiger partial charge in [0.2, 0.25) is 15.9 Å². The van der Waals surface area contributed by atoms with Gasteiger partial charge < -0.3 is 9.64 Å². The highest BCUT2D eigenvalue weighted by Gasteiger charge is 2.41. The van der Waals surface area contributed by atoms with Gasteiger partial charge in [0, 0.05) is 13.1 Å². The van der Waals surface area contributed by atoms with Crippen molar-refractivity contribution < 1.29 is 17.9 Å². The summed E-state index contributed by atoms with van der Waals surface area (Å²) < 4.78 is 33.4. The highest BCUT2D eigenvalue weighted by Crippen LogP contribution is 2.36. The van der Waals surface area contributed by atoms with Crippen molar-refractivity contribution in [2.45, 2.75) is 31.2 Å². The number of amides is 1. The Morgan fingerprint density at radius 1 is 1.11 bits per heavy atom. The van der Waals surface area contributed by atoms with Gasteiger partial charge >= 0.3 is 0 Å². The lowest BCUT2D eigenvalue weighted by molar-refractivity contribution is -0.138. The number of aryl methyl sites for hydroxylation is 2. The summed E-state index contributed by atoms with van der Waals surface area (Å²) in [7, 11) is -2.23. The van der Waals surface area contributed by atoms with Crippen molar-refractivity contribution in [2.24, 2.45) is 0 Å². The molecule has 2 heterocycles. The zero-order chi connectivity index (χ0) is 20.1. The summed E-state index contributed by atoms with van der Waals surface area (Å²) >= 11 is 0. The number of benzene rings is 2. The molecule has 4 rings (SSSR count). The van der Waals surface area contributed by atoms with Crippen LogP contribution in [0.1, 0.15) is 28.3 Å². The molecule has 0 saturated carbocycles. The van der Waals surface area contributed by atoms with Gasteiger partial charge in [-0.2, -0.15) is 4.31 Å². The first-order valence-electron chi connectivity index (χ1n) is 9.35. The van der Waals surface area contributed by atoms with E-state index in [-0.39, 0.29) is 29.9 Å². The number of hydrogen-bond donors (Lipinski definition) is 0. The fourth-order valence-corrected chi connectivity index (χ4v) is 5.92. The molecule has 0 radical (unpaired) electrons. The molecule has 2 aromatic rings. The summed E-state index contributed by atoms with van der Waals surface area (Å²) in [6, 6.07) is 11.1. The lowest BCUT2D eigenvalue weighted by Gasteiger charge is -2.44. The molecule has 7 heteroatoms. The van der Waals surface area contributed by atoms with Crippen LogP contribution in [0, 0.1) is 13.8 Å². The predicted octanol–water partition coefficient (Wildman–Crippen LogP) is 2.44. The Bertz CT molecular complexity index is 1050. The van der Waals surface area contributed by atoms with Crippen molar-refractivity contribution in [3.63, 3.8) is 0 Å². The summed E-state index contributed by atoms with van der Waals surface area (Å²) in [5.41, 5.74) is 3.60. The standard InChI is InChI=1S/C21H24N2O4S/c1-14-11-20(15(2)10-19(14)27-3)28(25,26)22-12-18-17-7-5-4-6-16(17)8-9-23(18)21(24)13-22/h4-7,10-11,18H,8-9,12-13H2,1-3H3/t18-/m1/s1. The van der Waals surface area contributed by atoms with Crippen molar-refractivity contribution >= 4 is 15.9 Å². The first-order valence-corrected chi connectivity index (χ1v) is 10.8. The molecule has 0 N–H and O–H groups in total. The van der Waals surface area contributed by atoms with Crippen molar-refractivity contribution in [2.75, 3.05) is 26.7 Å². The molecular formula is C21H24N2O4S. The Labute approximate surface area is 165 Å². The van der Waals surface area contributed by atoms with Gasteiger partial charge in [-0.25, -0.2) is 8.42 Å². The fraction of sp³-hybridized carbons (Fsp3) is 0.381. The molecule has 0 spiro atoms. The van der Waals surface area contributed by atoms with Gasteiger partial charge in [0.25, 0.3) is 0 Å². The number of piperazine rings is 1. The van der Waals surface area contributed by atoms with E-state index in [4.69, 9.17) is 4.74 Å². The third-order valence-electron chi connectivity index (χ3n) is 5.73. The van der Waals surface area contributed by atoms with Gasteiger partial charge in [0.15, 0.2) is 0 Å². The molecule has 2 aliphatic heterocycles. The maximum absolute atomic E-state index is 13.4. The first kappa shape index (κ1) is 19.0. The highest BCUT2D eigenvalue weighted by molar-refractivity contribution is 7.89. The van der Waals surface area contributed by atoms with Crippen molar-refractivity contribution in [3.05, 3.63) is 58.7 Å². The van der Waals surface area contributed by atoms with E-state index in [9.17, 15) is 13.2 Å². The SMILES string of the molecule is COc1cc(C)c(S(=O)(=O)N2CC(=O)N3CCc4ccccc4[C@H]3C2)cc1C. The molecule has 0 unspecified atom stereocenters. The quantitative estimate of drug-likeness (QED) is 0.794. The van der Waals surface area contributed by atoms with Crippen LogP contribution in [0.4, 0.5) is 0 Å². The van der Waals surface area contributed by atoms with E-state index in [1.807, 2.05) is 30.0 Å². The largest absolute Gasteiger partial charge is 0.496 e. The maximum Gasteiger partial charge on any atom is 0.243 e. The number of methoxy groups -OCH3 is 1. The summed E-state index contributed by atoms with van der Waals surface area (Å²) in [6.45, 7) is 4.36. The molecule has 1 atom stereocenters. The van der Waals surface area contributed by atoms with Crippen LogP contribution in [-0.4, -0.2) is 50.3 Å². The van der Waals surface area contributed by atoms with Crippen molar-refractivity contribution in [3.8, 4) is 5.75 Å². The van der Waals surface area contributed by atoms with E-state index in [2.05, 4.69) is 6.07 Å². The molecule has 1 fully saturated rings. The maximum atomic E-state index is 13.4. The van der Waals surface area contributed by atoms with Gasteiger partial charge in [-0.05, 0) is 54.7 Å². The number of nitrogens with zero attached hydrogens (tertiary/aromatic N) is 2. The Hall–Kier alpha value is -2.38. The number of ether oxygens (including phenoxy) is 1. The summed E-state index contributed by atoms with van der Waals surface area (Å²) in [5.74, 6) is 0.510. The van der Waals surface area contributed by atoms with Crippen LogP contribution < -0.4 is 4.74 Å². The van der Waals surface area contributed by atoms with Crippen LogP contribution >= 0.6 is 0 Å². The number of fused-ring (bicyclic) bond motifs is 3. The molecule has 2 aliphatic rings. The molecule has 2 aromatic carbocycles. The van der Waals surface area contributed by atoms with Crippen LogP contribution in [0.15, 0.2) is 41.3 Å². The third kappa shape index (κ3) is 2.99. The molecular weight excluding hydrogens is 376 g/mol. The van der Waals surface area contributed by atoms with E-state index in [0.717, 1.165) is 17.5 Å². The van der Waals surface area contributed by atoms with Crippen LogP contribution in [0.3, 0.4) is 0 Å². The Kier molecular flexibility index (Phi) is 4.67. The summed E-state index contributed by atoms with van der Waals surface area (Å²) in [4.78, 5) is 14.8. The lowest BCUT2D eigenvalue weighted by Crippen LogP contribution is -2.55. The number of sulfonamides is 1. The van der Waals surface area contributed by atoms with Gasteiger partial charge in [-0.3, -0.25) is 4.79 Å². The van der Waals surface area contributed by atoms with E-state index in [1.54, 1.807) is 26.2 Å². The number of carbonyl (C=O) groups is 1. The molecule has 0 aromatic heterocycles. The molecule has 28 heavy (non-hydrogen) atoms. The van der Waals surface area contributed by atoms with Crippen LogP contribution in [0.2, 0.25) is 0 Å². The molecule has 1 amide bonds. The Balaban J connectivity index is 1.73.